The van der Waals surface area contributed by atoms with Crippen molar-refractivity contribution in [2.75, 3.05) is 12.8 Å². The van der Waals surface area contributed by atoms with E-state index in [0.29, 0.717) is 24.2 Å². The number of likely N-dealkylation sites (tertiary alicyclic amines) is 1. The number of benzene rings is 1. The second-order valence-corrected chi connectivity index (χ2v) is 5.20. The first kappa shape index (κ1) is 12.7. The third-order valence-corrected chi connectivity index (χ3v) is 3.96. The van der Waals surface area contributed by atoms with E-state index in [4.69, 9.17) is 5.73 Å². The Morgan fingerprint density at radius 3 is 2.75 bits per heavy atom. The number of likely N-dealkylation sites (N-methyl/N-ethyl adjacent to an activating group) is 1. The molecule has 0 aliphatic carbocycles. The highest BCUT2D eigenvalue weighted by Gasteiger charge is 2.41. The number of nitrogens with two attached hydrogens (primary N) is 1. The zero-order chi connectivity index (χ0) is 14.4. The van der Waals surface area contributed by atoms with Crippen molar-refractivity contribution < 1.29 is 14.4 Å². The quantitative estimate of drug-likeness (QED) is 0.592. The fourth-order valence-electron chi connectivity index (χ4n) is 2.80. The Morgan fingerprint density at radius 1 is 1.25 bits per heavy atom. The highest BCUT2D eigenvalue weighted by atomic mass is 16.2. The summed E-state index contributed by atoms with van der Waals surface area (Å²) in [5.74, 6) is -0.670. The molecule has 0 saturated carbocycles. The minimum absolute atomic E-state index is 0.166. The summed E-state index contributed by atoms with van der Waals surface area (Å²) in [6.07, 6.45) is 0.673. The number of anilines is 1. The molecule has 104 valence electrons. The summed E-state index contributed by atoms with van der Waals surface area (Å²) < 4.78 is 0. The minimum Gasteiger partial charge on any atom is -0.399 e. The fraction of sp³-hybridized carbons (Fsp3) is 0.357. The van der Waals surface area contributed by atoms with Gasteiger partial charge in [0.05, 0.1) is 0 Å². The van der Waals surface area contributed by atoms with Crippen molar-refractivity contribution in [1.29, 1.82) is 0 Å². The Bertz CT molecular complexity index is 626. The minimum atomic E-state index is -0.557. The molecule has 0 aromatic heterocycles. The Kier molecular flexibility index (Phi) is 2.74. The number of nitrogen functional groups attached to an aromatic ring is 1. The third-order valence-electron chi connectivity index (χ3n) is 3.96. The van der Waals surface area contributed by atoms with Gasteiger partial charge in [0.2, 0.25) is 5.91 Å². The normalized spacial score (nSPS) is 22.4. The summed E-state index contributed by atoms with van der Waals surface area (Å²) in [5, 5.41) is 0. The predicted octanol–water partition coefficient (Wildman–Crippen LogP) is 0.372. The Morgan fingerprint density at radius 2 is 2.00 bits per heavy atom. The Labute approximate surface area is 116 Å². The topological polar surface area (TPSA) is 83.7 Å². The average molecular weight is 273 g/mol. The summed E-state index contributed by atoms with van der Waals surface area (Å²) in [4.78, 5) is 38.7. The van der Waals surface area contributed by atoms with Crippen LogP contribution >= 0.6 is 0 Å². The number of hydrogen-bond acceptors (Lipinski definition) is 4. The van der Waals surface area contributed by atoms with Crippen LogP contribution in [0.25, 0.3) is 0 Å². The molecule has 2 aliphatic heterocycles. The lowest BCUT2D eigenvalue weighted by atomic mass is 10.0. The molecule has 2 N–H and O–H groups in total. The van der Waals surface area contributed by atoms with Crippen LogP contribution in [0.4, 0.5) is 5.69 Å². The number of piperidine rings is 1. The highest BCUT2D eigenvalue weighted by molar-refractivity contribution is 6.05. The fourth-order valence-corrected chi connectivity index (χ4v) is 2.80. The van der Waals surface area contributed by atoms with Gasteiger partial charge >= 0.3 is 0 Å². The van der Waals surface area contributed by atoms with Crippen LogP contribution in [0.5, 0.6) is 0 Å². The van der Waals surface area contributed by atoms with Gasteiger partial charge in [-0.05, 0) is 30.2 Å². The first-order valence-corrected chi connectivity index (χ1v) is 6.49. The molecule has 1 aromatic carbocycles. The summed E-state index contributed by atoms with van der Waals surface area (Å²) in [7, 11) is 1.46. The lowest BCUT2D eigenvalue weighted by Crippen LogP contribution is -2.53. The lowest BCUT2D eigenvalue weighted by molar-refractivity contribution is -0.150. The van der Waals surface area contributed by atoms with E-state index in [0.717, 1.165) is 10.5 Å². The molecule has 2 aliphatic rings. The van der Waals surface area contributed by atoms with E-state index in [1.54, 1.807) is 18.2 Å². The van der Waals surface area contributed by atoms with E-state index >= 15 is 0 Å². The molecule has 0 radical (unpaired) electrons. The maximum atomic E-state index is 12.4. The standard InChI is InChI=1S/C14H15N3O3/c1-16-12(18)5-4-11(14(16)20)17-7-8-6-9(15)2-3-10(8)13(17)19/h2-3,6,11H,4-5,7,15H2,1H3. The van der Waals surface area contributed by atoms with Crippen LogP contribution in [0.1, 0.15) is 28.8 Å². The van der Waals surface area contributed by atoms with Crippen LogP contribution < -0.4 is 5.73 Å². The number of hydrogen-bond donors (Lipinski definition) is 1. The molecular weight excluding hydrogens is 258 g/mol. The monoisotopic (exact) mass is 273 g/mol. The number of fused-ring (bicyclic) bond motifs is 1. The summed E-state index contributed by atoms with van der Waals surface area (Å²) in [5.41, 5.74) is 7.74. The second-order valence-electron chi connectivity index (χ2n) is 5.20. The van der Waals surface area contributed by atoms with Crippen molar-refractivity contribution in [3.8, 4) is 0 Å². The molecule has 1 fully saturated rings. The molecule has 6 nitrogen and oxygen atoms in total. The van der Waals surface area contributed by atoms with Crippen LogP contribution in [0, 0.1) is 0 Å². The average Bonchev–Trinajstić information content (AvgIpc) is 2.73. The van der Waals surface area contributed by atoms with Crippen molar-refractivity contribution >= 4 is 23.4 Å². The van der Waals surface area contributed by atoms with Gasteiger partial charge in [-0.3, -0.25) is 19.3 Å². The van der Waals surface area contributed by atoms with Gasteiger partial charge in [0.25, 0.3) is 11.8 Å². The van der Waals surface area contributed by atoms with Gasteiger partial charge in [-0.15, -0.1) is 0 Å². The van der Waals surface area contributed by atoms with Crippen molar-refractivity contribution in [2.45, 2.75) is 25.4 Å². The van der Waals surface area contributed by atoms with E-state index in [-0.39, 0.29) is 24.1 Å². The molecule has 3 rings (SSSR count). The van der Waals surface area contributed by atoms with Crippen LogP contribution in [-0.2, 0) is 16.1 Å². The molecule has 1 unspecified atom stereocenters. The SMILES string of the molecule is CN1C(=O)CCC(N2Cc3cc(N)ccc3C2=O)C1=O. The third kappa shape index (κ3) is 1.76. The molecule has 6 heteroatoms. The molecule has 1 atom stereocenters. The van der Waals surface area contributed by atoms with E-state index in [2.05, 4.69) is 0 Å². The zero-order valence-corrected chi connectivity index (χ0v) is 11.1. The lowest BCUT2D eigenvalue weighted by Gasteiger charge is -2.33. The Balaban J connectivity index is 1.89. The summed E-state index contributed by atoms with van der Waals surface area (Å²) >= 11 is 0. The number of nitrogens with zero attached hydrogens (tertiary/aromatic N) is 2. The molecule has 2 heterocycles. The Hall–Kier alpha value is -2.37. The number of rotatable bonds is 1. The summed E-state index contributed by atoms with van der Waals surface area (Å²) in [6.45, 7) is 0.373. The maximum Gasteiger partial charge on any atom is 0.255 e. The van der Waals surface area contributed by atoms with Crippen molar-refractivity contribution in [2.24, 2.45) is 0 Å². The molecule has 3 amide bonds. The van der Waals surface area contributed by atoms with Crippen LogP contribution in [0.2, 0.25) is 0 Å². The van der Waals surface area contributed by atoms with Crippen molar-refractivity contribution in [3.63, 3.8) is 0 Å². The number of carbonyl (C=O) groups excluding carboxylic acids is 3. The van der Waals surface area contributed by atoms with Crippen molar-refractivity contribution in [3.05, 3.63) is 29.3 Å². The predicted molar refractivity (Wildman–Crippen MR) is 71.5 cm³/mol. The van der Waals surface area contributed by atoms with Crippen LogP contribution in [-0.4, -0.2) is 40.6 Å². The molecule has 0 spiro atoms. The van der Waals surface area contributed by atoms with E-state index in [1.165, 1.54) is 11.9 Å². The smallest absolute Gasteiger partial charge is 0.255 e. The van der Waals surface area contributed by atoms with Crippen LogP contribution in [0.15, 0.2) is 18.2 Å². The molecular formula is C14H15N3O3. The summed E-state index contributed by atoms with van der Waals surface area (Å²) in [6, 6.07) is 4.57. The maximum absolute atomic E-state index is 12.4. The number of imide groups is 1. The van der Waals surface area contributed by atoms with Gasteiger partial charge in [-0.25, -0.2) is 0 Å². The number of carbonyl (C=O) groups is 3. The molecule has 20 heavy (non-hydrogen) atoms. The zero-order valence-electron chi connectivity index (χ0n) is 11.1. The molecule has 0 bridgehead atoms. The first-order valence-electron chi connectivity index (χ1n) is 6.49. The van der Waals surface area contributed by atoms with E-state index in [1.807, 2.05) is 0 Å². The van der Waals surface area contributed by atoms with Gasteiger partial charge in [0.15, 0.2) is 0 Å². The van der Waals surface area contributed by atoms with Gasteiger partial charge in [-0.2, -0.15) is 0 Å². The van der Waals surface area contributed by atoms with Gasteiger partial charge in [0.1, 0.15) is 6.04 Å². The highest BCUT2D eigenvalue weighted by Crippen LogP contribution is 2.29. The number of amides is 3. The van der Waals surface area contributed by atoms with Gasteiger partial charge in [-0.1, -0.05) is 0 Å². The first-order chi connectivity index (χ1) is 9.49. The van der Waals surface area contributed by atoms with Gasteiger partial charge in [0, 0.05) is 31.3 Å². The van der Waals surface area contributed by atoms with Gasteiger partial charge < -0.3 is 10.6 Å². The van der Waals surface area contributed by atoms with E-state index in [9.17, 15) is 14.4 Å². The molecule has 1 saturated heterocycles. The van der Waals surface area contributed by atoms with Crippen LogP contribution in [0.3, 0.4) is 0 Å². The van der Waals surface area contributed by atoms with Crippen molar-refractivity contribution in [1.82, 2.24) is 9.80 Å². The molecule has 1 aromatic rings. The second kappa shape index (κ2) is 4.33. The van der Waals surface area contributed by atoms with E-state index < -0.39 is 6.04 Å². The largest absolute Gasteiger partial charge is 0.399 e.